The van der Waals surface area contributed by atoms with Gasteiger partial charge in [-0.05, 0) is 57.6 Å². The highest BCUT2D eigenvalue weighted by Gasteiger charge is 2.44. The first-order chi connectivity index (χ1) is 17.4. The molecule has 0 spiro atoms. The molecule has 3 aliphatic rings. The lowest BCUT2D eigenvalue weighted by Gasteiger charge is -2.37. The van der Waals surface area contributed by atoms with Crippen LogP contribution in [0.4, 0.5) is 0 Å². The number of benzene rings is 1. The van der Waals surface area contributed by atoms with Crippen LogP contribution in [0.1, 0.15) is 74.7 Å². The molecule has 0 radical (unpaired) electrons. The molecule has 5 atom stereocenters. The molecule has 3 fully saturated rings. The molecule has 2 heterocycles. The highest BCUT2D eigenvalue weighted by molar-refractivity contribution is 8.00. The molecule has 2 amide bonds. The van der Waals surface area contributed by atoms with Crippen molar-refractivity contribution in [2.24, 2.45) is 5.92 Å². The van der Waals surface area contributed by atoms with Crippen LogP contribution in [0.2, 0.25) is 0 Å². The van der Waals surface area contributed by atoms with Crippen molar-refractivity contribution in [1.82, 2.24) is 20.9 Å². The molecule has 1 aromatic rings. The number of thioether (sulfide) groups is 1. The topological polar surface area (TPSA) is 90.5 Å². The number of rotatable bonds is 9. The van der Waals surface area contributed by atoms with E-state index in [1.54, 1.807) is 18.8 Å². The van der Waals surface area contributed by atoms with Gasteiger partial charge in [0.05, 0.1) is 23.5 Å². The van der Waals surface area contributed by atoms with E-state index in [9.17, 15) is 14.4 Å². The van der Waals surface area contributed by atoms with E-state index in [1.807, 2.05) is 36.1 Å². The maximum atomic E-state index is 13.9. The van der Waals surface area contributed by atoms with Crippen LogP contribution in [0.5, 0.6) is 0 Å². The van der Waals surface area contributed by atoms with Crippen molar-refractivity contribution in [3.63, 3.8) is 0 Å². The Kier molecular flexibility index (Phi) is 9.47. The van der Waals surface area contributed by atoms with E-state index in [4.69, 9.17) is 0 Å². The summed E-state index contributed by atoms with van der Waals surface area (Å²) in [7, 11) is 1.76. The summed E-state index contributed by atoms with van der Waals surface area (Å²) < 4.78 is 0. The van der Waals surface area contributed by atoms with Gasteiger partial charge in [0.2, 0.25) is 11.8 Å². The Morgan fingerprint density at radius 1 is 1.08 bits per heavy atom. The quantitative estimate of drug-likeness (QED) is 0.439. The van der Waals surface area contributed by atoms with Gasteiger partial charge in [-0.15, -0.1) is 11.8 Å². The SMILES string of the molecule is CCc1ccc(C(=O)C2CSC([C@@H]3CCCN3C(=O)[C@@H](NC(=O)[C@H](C)NC)C3CCCCC3)N2)cc1. The highest BCUT2D eigenvalue weighted by atomic mass is 32.2. The van der Waals surface area contributed by atoms with Crippen molar-refractivity contribution in [3.8, 4) is 0 Å². The number of nitrogens with one attached hydrogen (secondary N) is 3. The summed E-state index contributed by atoms with van der Waals surface area (Å²) in [5.74, 6) is 0.945. The summed E-state index contributed by atoms with van der Waals surface area (Å²) in [5.41, 5.74) is 1.96. The van der Waals surface area contributed by atoms with Crippen LogP contribution < -0.4 is 16.0 Å². The van der Waals surface area contributed by atoms with E-state index in [-0.39, 0.29) is 47.0 Å². The van der Waals surface area contributed by atoms with Crippen LogP contribution in [-0.4, -0.2) is 71.4 Å². The average molecular weight is 515 g/mol. The van der Waals surface area contributed by atoms with Crippen molar-refractivity contribution in [2.45, 2.75) is 94.8 Å². The number of aryl methyl sites for hydroxylation is 1. The van der Waals surface area contributed by atoms with E-state index >= 15 is 0 Å². The van der Waals surface area contributed by atoms with Gasteiger partial charge in [-0.1, -0.05) is 50.5 Å². The molecule has 36 heavy (non-hydrogen) atoms. The Morgan fingerprint density at radius 3 is 2.47 bits per heavy atom. The second-order valence-corrected chi connectivity index (χ2v) is 11.7. The standard InChI is InChI=1S/C28H42N4O3S/c1-4-19-12-14-21(15-13-19)25(33)22-17-36-27(30-22)23-11-8-16-32(23)28(35)24(20-9-6-5-7-10-20)31-26(34)18(2)29-3/h12-15,18,20,22-24,27,29-30H,4-11,16-17H2,1-3H3,(H,31,34)/t18-,22?,23-,24-,27?/m0/s1. The third-order valence-electron chi connectivity index (χ3n) is 8.21. The van der Waals surface area contributed by atoms with Crippen LogP contribution in [0.15, 0.2) is 24.3 Å². The summed E-state index contributed by atoms with van der Waals surface area (Å²) in [4.78, 5) is 41.9. The fourth-order valence-electron chi connectivity index (χ4n) is 5.79. The Balaban J connectivity index is 1.44. The average Bonchev–Trinajstić information content (AvgIpc) is 3.61. The van der Waals surface area contributed by atoms with Crippen LogP contribution in [0.25, 0.3) is 0 Å². The summed E-state index contributed by atoms with van der Waals surface area (Å²) >= 11 is 1.75. The van der Waals surface area contributed by atoms with Crippen molar-refractivity contribution < 1.29 is 14.4 Å². The second-order valence-electron chi connectivity index (χ2n) is 10.5. The van der Waals surface area contributed by atoms with Crippen LogP contribution in [-0.2, 0) is 16.0 Å². The molecule has 4 rings (SSSR count). The number of carbonyl (C=O) groups is 3. The zero-order valence-corrected chi connectivity index (χ0v) is 22.7. The molecule has 8 heteroatoms. The van der Waals surface area contributed by atoms with Gasteiger partial charge in [0.15, 0.2) is 5.78 Å². The number of carbonyl (C=O) groups excluding carboxylic acids is 3. The Morgan fingerprint density at radius 2 is 1.81 bits per heavy atom. The lowest BCUT2D eigenvalue weighted by Crippen LogP contribution is -2.58. The number of likely N-dealkylation sites (tertiary alicyclic amines) is 1. The number of hydrogen-bond acceptors (Lipinski definition) is 6. The Hall–Kier alpha value is -1.90. The Labute approximate surface area is 219 Å². The Bertz CT molecular complexity index is 918. The molecule has 1 aliphatic carbocycles. The first kappa shape index (κ1) is 27.1. The van der Waals surface area contributed by atoms with Gasteiger partial charge < -0.3 is 15.5 Å². The van der Waals surface area contributed by atoms with Crippen molar-refractivity contribution in [2.75, 3.05) is 19.3 Å². The second kappa shape index (κ2) is 12.6. The van der Waals surface area contributed by atoms with E-state index in [1.165, 1.54) is 12.0 Å². The lowest BCUT2D eigenvalue weighted by atomic mass is 9.83. The van der Waals surface area contributed by atoms with Gasteiger partial charge >= 0.3 is 0 Å². The van der Waals surface area contributed by atoms with E-state index in [0.29, 0.717) is 12.3 Å². The molecule has 1 aromatic carbocycles. The molecular formula is C28H42N4O3S. The van der Waals surface area contributed by atoms with E-state index in [2.05, 4.69) is 22.9 Å². The van der Waals surface area contributed by atoms with Crippen LogP contribution >= 0.6 is 11.8 Å². The highest BCUT2D eigenvalue weighted by Crippen LogP contribution is 2.34. The van der Waals surface area contributed by atoms with Crippen molar-refractivity contribution in [3.05, 3.63) is 35.4 Å². The van der Waals surface area contributed by atoms with Gasteiger partial charge in [0, 0.05) is 17.9 Å². The molecule has 1 saturated carbocycles. The molecule has 198 valence electrons. The fraction of sp³-hybridized carbons (Fsp3) is 0.679. The number of likely N-dealkylation sites (N-methyl/N-ethyl adjacent to an activating group) is 1. The smallest absolute Gasteiger partial charge is 0.245 e. The number of ketones is 1. The largest absolute Gasteiger partial charge is 0.343 e. The summed E-state index contributed by atoms with van der Waals surface area (Å²) in [6, 6.07) is 6.88. The van der Waals surface area contributed by atoms with Crippen LogP contribution in [0.3, 0.4) is 0 Å². The molecule has 0 bridgehead atoms. The molecule has 3 N–H and O–H groups in total. The predicted molar refractivity (Wildman–Crippen MR) is 145 cm³/mol. The monoisotopic (exact) mass is 514 g/mol. The summed E-state index contributed by atoms with van der Waals surface area (Å²) in [6.07, 6.45) is 8.20. The molecule has 2 unspecified atom stereocenters. The van der Waals surface area contributed by atoms with E-state index in [0.717, 1.165) is 50.5 Å². The zero-order chi connectivity index (χ0) is 25.7. The minimum atomic E-state index is -0.477. The van der Waals surface area contributed by atoms with Gasteiger partial charge in [-0.2, -0.15) is 0 Å². The molecule has 2 saturated heterocycles. The van der Waals surface area contributed by atoms with Gasteiger partial charge in [0.25, 0.3) is 0 Å². The number of nitrogens with zero attached hydrogens (tertiary/aromatic N) is 1. The maximum absolute atomic E-state index is 13.9. The first-order valence-electron chi connectivity index (χ1n) is 13.7. The molecule has 0 aromatic heterocycles. The zero-order valence-electron chi connectivity index (χ0n) is 21.9. The third kappa shape index (κ3) is 6.14. The van der Waals surface area contributed by atoms with Gasteiger partial charge in [0.1, 0.15) is 6.04 Å². The molecular weight excluding hydrogens is 472 g/mol. The van der Waals surface area contributed by atoms with Crippen molar-refractivity contribution >= 4 is 29.4 Å². The summed E-state index contributed by atoms with van der Waals surface area (Å²) in [6.45, 7) is 4.64. The number of hydrogen-bond donors (Lipinski definition) is 3. The third-order valence-corrected chi connectivity index (χ3v) is 9.55. The fourth-order valence-corrected chi connectivity index (χ4v) is 7.20. The van der Waals surface area contributed by atoms with Gasteiger partial charge in [-0.25, -0.2) is 0 Å². The number of Topliss-reactive ketones (excluding diaryl/α,β-unsaturated/α-hetero) is 1. The first-order valence-corrected chi connectivity index (χ1v) is 14.8. The molecule has 2 aliphatic heterocycles. The maximum Gasteiger partial charge on any atom is 0.245 e. The predicted octanol–water partition coefficient (Wildman–Crippen LogP) is 3.13. The normalized spacial score (nSPS) is 26.5. The van der Waals surface area contributed by atoms with Crippen LogP contribution in [0, 0.1) is 5.92 Å². The molecule has 7 nitrogen and oxygen atoms in total. The minimum Gasteiger partial charge on any atom is -0.343 e. The summed E-state index contributed by atoms with van der Waals surface area (Å²) in [5, 5.41) is 9.68. The van der Waals surface area contributed by atoms with Gasteiger partial charge in [-0.3, -0.25) is 19.7 Å². The van der Waals surface area contributed by atoms with Crippen molar-refractivity contribution in [1.29, 1.82) is 0 Å². The lowest BCUT2D eigenvalue weighted by molar-refractivity contribution is -0.139. The minimum absolute atomic E-state index is 0.0271. The van der Waals surface area contributed by atoms with E-state index < -0.39 is 6.04 Å². The number of amides is 2.